The second-order valence-electron chi connectivity index (χ2n) is 4.22. The summed E-state index contributed by atoms with van der Waals surface area (Å²) in [6, 6.07) is 0.445. The van der Waals surface area contributed by atoms with Crippen molar-refractivity contribution in [2.75, 3.05) is 7.05 Å². The number of hydrogen-bond donors (Lipinski definition) is 1. The van der Waals surface area contributed by atoms with Gasteiger partial charge in [0.1, 0.15) is 0 Å². The van der Waals surface area contributed by atoms with Crippen LogP contribution < -0.4 is 5.32 Å². The second kappa shape index (κ2) is 3.99. The first-order valence-electron chi connectivity index (χ1n) is 5.34. The Balaban J connectivity index is 2.11. The number of rotatable bonds is 4. The first kappa shape index (κ1) is 10.1. The normalized spacial score (nSPS) is 18.5. The lowest BCUT2D eigenvalue weighted by Crippen LogP contribution is -2.11. The highest BCUT2D eigenvalue weighted by Crippen LogP contribution is 2.35. The van der Waals surface area contributed by atoms with Crippen molar-refractivity contribution in [3.8, 4) is 0 Å². The molecule has 1 saturated carbocycles. The van der Waals surface area contributed by atoms with Gasteiger partial charge in [-0.1, -0.05) is 0 Å². The van der Waals surface area contributed by atoms with Gasteiger partial charge < -0.3 is 5.32 Å². The summed E-state index contributed by atoms with van der Waals surface area (Å²) >= 11 is 1.89. The summed E-state index contributed by atoms with van der Waals surface area (Å²) in [5.41, 5.74) is 1.22. The van der Waals surface area contributed by atoms with Crippen LogP contribution in [0.25, 0.3) is 0 Å². The van der Waals surface area contributed by atoms with E-state index >= 15 is 0 Å². The predicted octanol–water partition coefficient (Wildman–Crippen LogP) is 2.68. The van der Waals surface area contributed by atoms with Crippen molar-refractivity contribution >= 4 is 11.3 Å². The molecule has 0 aliphatic heterocycles. The summed E-state index contributed by atoms with van der Waals surface area (Å²) in [4.78, 5) is 6.04. The third-order valence-electron chi connectivity index (χ3n) is 2.86. The minimum atomic E-state index is 0.445. The minimum Gasteiger partial charge on any atom is -0.312 e. The standard InChI is InChI=1S/C11H18N2S/c1-7(12-3)11-8(2)13-10(14-11)6-9-4-5-9/h7,9,12H,4-6H2,1-3H3. The van der Waals surface area contributed by atoms with E-state index in [0.717, 1.165) is 5.92 Å². The average molecular weight is 210 g/mol. The predicted molar refractivity (Wildman–Crippen MR) is 60.8 cm³/mol. The van der Waals surface area contributed by atoms with Crippen molar-refractivity contribution in [1.82, 2.24) is 10.3 Å². The summed E-state index contributed by atoms with van der Waals surface area (Å²) in [5, 5.41) is 4.61. The molecule has 1 heterocycles. The Morgan fingerprint density at radius 1 is 1.57 bits per heavy atom. The van der Waals surface area contributed by atoms with E-state index in [1.807, 2.05) is 18.4 Å². The summed E-state index contributed by atoms with van der Waals surface area (Å²) in [6.45, 7) is 4.32. The monoisotopic (exact) mass is 210 g/mol. The van der Waals surface area contributed by atoms with Gasteiger partial charge in [-0.3, -0.25) is 0 Å². The fourth-order valence-corrected chi connectivity index (χ4v) is 2.90. The molecule has 1 atom stereocenters. The Labute approximate surface area is 89.8 Å². The number of nitrogens with one attached hydrogen (secondary N) is 1. The Kier molecular flexibility index (Phi) is 2.88. The lowest BCUT2D eigenvalue weighted by atomic mass is 10.2. The Morgan fingerprint density at radius 2 is 2.29 bits per heavy atom. The van der Waals surface area contributed by atoms with Gasteiger partial charge in [-0.2, -0.15) is 0 Å². The van der Waals surface area contributed by atoms with Gasteiger partial charge in [0.2, 0.25) is 0 Å². The summed E-state index contributed by atoms with van der Waals surface area (Å²) in [5.74, 6) is 0.943. The largest absolute Gasteiger partial charge is 0.312 e. The Hall–Kier alpha value is -0.410. The molecule has 2 rings (SSSR count). The zero-order valence-corrected chi connectivity index (χ0v) is 9.95. The quantitative estimate of drug-likeness (QED) is 0.826. The molecule has 14 heavy (non-hydrogen) atoms. The van der Waals surface area contributed by atoms with Gasteiger partial charge in [-0.25, -0.2) is 4.98 Å². The molecule has 78 valence electrons. The van der Waals surface area contributed by atoms with E-state index in [0.29, 0.717) is 6.04 Å². The molecular formula is C11H18N2S. The molecule has 0 bridgehead atoms. The first-order valence-corrected chi connectivity index (χ1v) is 6.15. The number of nitrogens with zero attached hydrogens (tertiary/aromatic N) is 1. The van der Waals surface area contributed by atoms with Crippen molar-refractivity contribution in [3.05, 3.63) is 15.6 Å². The van der Waals surface area contributed by atoms with E-state index in [1.54, 1.807) is 0 Å². The van der Waals surface area contributed by atoms with Crippen molar-refractivity contribution in [2.45, 2.75) is 39.2 Å². The van der Waals surface area contributed by atoms with Crippen LogP contribution in [-0.2, 0) is 6.42 Å². The highest BCUT2D eigenvalue weighted by molar-refractivity contribution is 7.11. The molecule has 1 fully saturated rings. The molecule has 1 aliphatic carbocycles. The van der Waals surface area contributed by atoms with Crippen molar-refractivity contribution in [2.24, 2.45) is 5.92 Å². The van der Waals surface area contributed by atoms with E-state index in [1.165, 1.54) is 34.8 Å². The number of thiazole rings is 1. The van der Waals surface area contributed by atoms with Gasteiger partial charge in [-0.05, 0) is 39.7 Å². The van der Waals surface area contributed by atoms with Gasteiger partial charge in [0, 0.05) is 17.3 Å². The zero-order valence-electron chi connectivity index (χ0n) is 9.13. The highest BCUT2D eigenvalue weighted by Gasteiger charge is 2.24. The SMILES string of the molecule is CNC(C)c1sc(CC2CC2)nc1C. The molecule has 0 spiro atoms. The van der Waals surface area contributed by atoms with E-state index in [4.69, 9.17) is 0 Å². The first-order chi connectivity index (χ1) is 6.70. The van der Waals surface area contributed by atoms with E-state index in [-0.39, 0.29) is 0 Å². The van der Waals surface area contributed by atoms with Gasteiger partial charge >= 0.3 is 0 Å². The van der Waals surface area contributed by atoms with Gasteiger partial charge in [-0.15, -0.1) is 11.3 Å². The molecule has 0 saturated heterocycles. The zero-order chi connectivity index (χ0) is 10.1. The summed E-state index contributed by atoms with van der Waals surface area (Å²) in [7, 11) is 2.00. The Bertz CT molecular complexity index is 315. The maximum absolute atomic E-state index is 4.64. The highest BCUT2D eigenvalue weighted by atomic mass is 32.1. The minimum absolute atomic E-state index is 0.445. The molecule has 0 aromatic carbocycles. The molecule has 0 amide bonds. The van der Waals surface area contributed by atoms with Crippen molar-refractivity contribution < 1.29 is 0 Å². The van der Waals surface area contributed by atoms with Crippen LogP contribution in [0.2, 0.25) is 0 Å². The van der Waals surface area contributed by atoms with Crippen LogP contribution in [0.4, 0.5) is 0 Å². The van der Waals surface area contributed by atoms with Crippen LogP contribution in [0, 0.1) is 12.8 Å². The molecule has 1 aliphatic rings. The fraction of sp³-hybridized carbons (Fsp3) is 0.727. The second-order valence-corrected chi connectivity index (χ2v) is 5.33. The summed E-state index contributed by atoms with van der Waals surface area (Å²) < 4.78 is 0. The number of aromatic nitrogens is 1. The third-order valence-corrected chi connectivity index (χ3v) is 4.23. The van der Waals surface area contributed by atoms with Crippen molar-refractivity contribution in [1.29, 1.82) is 0 Å². The van der Waals surface area contributed by atoms with Gasteiger partial charge in [0.25, 0.3) is 0 Å². The van der Waals surface area contributed by atoms with E-state index in [2.05, 4.69) is 24.1 Å². The van der Waals surface area contributed by atoms with Crippen LogP contribution in [0.3, 0.4) is 0 Å². The lowest BCUT2D eigenvalue weighted by Gasteiger charge is -2.06. The van der Waals surface area contributed by atoms with Crippen LogP contribution in [0.15, 0.2) is 0 Å². The van der Waals surface area contributed by atoms with Crippen LogP contribution >= 0.6 is 11.3 Å². The average Bonchev–Trinajstić information content (AvgIpc) is 2.89. The molecule has 1 aromatic heterocycles. The van der Waals surface area contributed by atoms with Gasteiger partial charge in [0.15, 0.2) is 0 Å². The molecule has 0 radical (unpaired) electrons. The van der Waals surface area contributed by atoms with E-state index in [9.17, 15) is 0 Å². The Morgan fingerprint density at radius 3 is 2.86 bits per heavy atom. The lowest BCUT2D eigenvalue weighted by molar-refractivity contribution is 0.658. The number of hydrogen-bond acceptors (Lipinski definition) is 3. The molecule has 1 N–H and O–H groups in total. The number of aryl methyl sites for hydroxylation is 1. The van der Waals surface area contributed by atoms with Crippen molar-refractivity contribution in [3.63, 3.8) is 0 Å². The topological polar surface area (TPSA) is 24.9 Å². The maximum atomic E-state index is 4.64. The molecule has 1 unspecified atom stereocenters. The van der Waals surface area contributed by atoms with Crippen LogP contribution in [0.1, 0.15) is 41.4 Å². The smallest absolute Gasteiger partial charge is 0.0934 e. The molecule has 1 aromatic rings. The van der Waals surface area contributed by atoms with E-state index < -0.39 is 0 Å². The molecule has 2 nitrogen and oxygen atoms in total. The van der Waals surface area contributed by atoms with Crippen LogP contribution in [-0.4, -0.2) is 12.0 Å². The molecular weight excluding hydrogens is 192 g/mol. The third kappa shape index (κ3) is 2.15. The fourth-order valence-electron chi connectivity index (χ4n) is 1.65. The maximum Gasteiger partial charge on any atom is 0.0934 e. The van der Waals surface area contributed by atoms with Gasteiger partial charge in [0.05, 0.1) is 10.7 Å². The summed E-state index contributed by atoms with van der Waals surface area (Å²) in [6.07, 6.45) is 4.03. The molecule has 3 heteroatoms. The van der Waals surface area contributed by atoms with Crippen LogP contribution in [0.5, 0.6) is 0 Å².